The Kier molecular flexibility index (Phi) is 6.13. The molecule has 0 radical (unpaired) electrons. The van der Waals surface area contributed by atoms with Crippen molar-refractivity contribution in [2.24, 2.45) is 0 Å². The van der Waals surface area contributed by atoms with E-state index in [2.05, 4.69) is 48.0 Å². The Labute approximate surface area is 134 Å². The maximum absolute atomic E-state index is 10.7. The molecule has 0 fully saturated rings. The Morgan fingerprint density at radius 3 is 1.81 bits per heavy atom. The lowest BCUT2D eigenvalue weighted by Crippen LogP contribution is -2.00. The van der Waals surface area contributed by atoms with Crippen molar-refractivity contribution in [1.82, 2.24) is 0 Å². The second-order valence-corrected chi connectivity index (χ2v) is 7.24. The standard InChI is InChI=1S/C8H9Br.C8H10O3S/c1-6-3-4-7(2)8(9)5-6;1-6-3-4-8(7(2)5-6)12(9,10)11/h3-5H,1-2H3;3-5H,1-2H3,(H,9,10,11). The van der Waals surface area contributed by atoms with Crippen LogP contribution >= 0.6 is 15.9 Å². The maximum Gasteiger partial charge on any atom is 0.294 e. The van der Waals surface area contributed by atoms with Gasteiger partial charge >= 0.3 is 0 Å². The van der Waals surface area contributed by atoms with Crippen LogP contribution in [0.3, 0.4) is 0 Å². The molecule has 2 aromatic carbocycles. The molecular formula is C16H19BrO3S. The minimum atomic E-state index is -4.05. The highest BCUT2D eigenvalue weighted by atomic mass is 79.9. The predicted octanol–water partition coefficient (Wildman–Crippen LogP) is 4.62. The molecule has 21 heavy (non-hydrogen) atoms. The van der Waals surface area contributed by atoms with Crippen molar-refractivity contribution in [2.75, 3.05) is 0 Å². The lowest BCUT2D eigenvalue weighted by Gasteiger charge is -2.02. The molecule has 0 aliphatic heterocycles. The average Bonchev–Trinajstić information content (AvgIpc) is 2.33. The highest BCUT2D eigenvalue weighted by Crippen LogP contribution is 2.16. The fraction of sp³-hybridized carbons (Fsp3) is 0.250. The monoisotopic (exact) mass is 370 g/mol. The van der Waals surface area contributed by atoms with Crippen molar-refractivity contribution in [1.29, 1.82) is 0 Å². The van der Waals surface area contributed by atoms with Crippen LogP contribution in [0.2, 0.25) is 0 Å². The van der Waals surface area contributed by atoms with E-state index in [0.29, 0.717) is 5.56 Å². The van der Waals surface area contributed by atoms with Crippen LogP contribution in [0, 0.1) is 27.7 Å². The van der Waals surface area contributed by atoms with Crippen molar-refractivity contribution in [3.63, 3.8) is 0 Å². The molecule has 0 saturated carbocycles. The maximum atomic E-state index is 10.7. The van der Waals surface area contributed by atoms with E-state index in [-0.39, 0.29) is 4.90 Å². The zero-order valence-corrected chi connectivity index (χ0v) is 14.9. The van der Waals surface area contributed by atoms with Gasteiger partial charge in [0.25, 0.3) is 10.1 Å². The lowest BCUT2D eigenvalue weighted by molar-refractivity contribution is 0.482. The molecule has 0 amide bonds. The quantitative estimate of drug-likeness (QED) is 0.745. The summed E-state index contributed by atoms with van der Waals surface area (Å²) in [6.07, 6.45) is 0. The van der Waals surface area contributed by atoms with E-state index in [4.69, 9.17) is 4.55 Å². The van der Waals surface area contributed by atoms with Crippen LogP contribution in [-0.2, 0) is 10.1 Å². The van der Waals surface area contributed by atoms with E-state index in [1.54, 1.807) is 19.1 Å². The van der Waals surface area contributed by atoms with E-state index in [0.717, 1.165) is 5.56 Å². The summed E-state index contributed by atoms with van der Waals surface area (Å²) in [6.45, 7) is 7.69. The molecule has 0 heterocycles. The van der Waals surface area contributed by atoms with Crippen molar-refractivity contribution >= 4 is 26.0 Å². The molecule has 0 unspecified atom stereocenters. The molecule has 5 heteroatoms. The summed E-state index contributed by atoms with van der Waals surface area (Å²) >= 11 is 3.45. The summed E-state index contributed by atoms with van der Waals surface area (Å²) in [4.78, 5) is -0.0203. The molecule has 114 valence electrons. The van der Waals surface area contributed by atoms with Gasteiger partial charge in [0.1, 0.15) is 0 Å². The Morgan fingerprint density at radius 1 is 0.857 bits per heavy atom. The van der Waals surface area contributed by atoms with Gasteiger partial charge in [0, 0.05) is 4.47 Å². The Balaban J connectivity index is 0.000000219. The minimum absolute atomic E-state index is 0.0203. The molecule has 0 atom stereocenters. The van der Waals surface area contributed by atoms with Crippen LogP contribution in [0.4, 0.5) is 0 Å². The summed E-state index contributed by atoms with van der Waals surface area (Å²) in [7, 11) is -4.05. The van der Waals surface area contributed by atoms with Gasteiger partial charge in [0.2, 0.25) is 0 Å². The zero-order chi connectivity index (χ0) is 16.2. The number of hydrogen-bond acceptors (Lipinski definition) is 2. The Hall–Kier alpha value is -1.17. The molecule has 2 aromatic rings. The van der Waals surface area contributed by atoms with Crippen molar-refractivity contribution in [3.05, 3.63) is 63.1 Å². The zero-order valence-electron chi connectivity index (χ0n) is 12.5. The lowest BCUT2D eigenvalue weighted by atomic mass is 10.2. The third-order valence-electron chi connectivity index (χ3n) is 2.94. The SMILES string of the molecule is Cc1ccc(C)c(Br)c1.Cc1ccc(S(=O)(=O)O)c(C)c1. The van der Waals surface area contributed by atoms with Crippen molar-refractivity contribution in [2.45, 2.75) is 32.6 Å². The first kappa shape index (κ1) is 17.9. The van der Waals surface area contributed by atoms with E-state index in [1.807, 2.05) is 6.92 Å². The number of halogens is 1. The third-order valence-corrected chi connectivity index (χ3v) is 4.80. The fourth-order valence-corrected chi connectivity index (χ4v) is 2.99. The van der Waals surface area contributed by atoms with E-state index in [1.165, 1.54) is 21.7 Å². The van der Waals surface area contributed by atoms with Crippen LogP contribution < -0.4 is 0 Å². The van der Waals surface area contributed by atoms with Crippen molar-refractivity contribution in [3.8, 4) is 0 Å². The van der Waals surface area contributed by atoms with Gasteiger partial charge in [-0.15, -0.1) is 0 Å². The highest BCUT2D eigenvalue weighted by Gasteiger charge is 2.11. The Bertz CT molecular complexity index is 737. The predicted molar refractivity (Wildman–Crippen MR) is 89.3 cm³/mol. The summed E-state index contributed by atoms with van der Waals surface area (Å²) in [5.41, 5.74) is 4.13. The summed E-state index contributed by atoms with van der Waals surface area (Å²) < 4.78 is 31.4. The Morgan fingerprint density at radius 2 is 1.38 bits per heavy atom. The number of hydrogen-bond donors (Lipinski definition) is 1. The number of benzene rings is 2. The van der Waals surface area contributed by atoms with Gasteiger partial charge in [-0.2, -0.15) is 8.42 Å². The van der Waals surface area contributed by atoms with Gasteiger partial charge < -0.3 is 0 Å². The molecule has 1 N–H and O–H groups in total. The molecule has 0 saturated heterocycles. The van der Waals surface area contributed by atoms with Gasteiger partial charge in [-0.05, 0) is 56.5 Å². The van der Waals surface area contributed by atoms with Crippen LogP contribution in [0.25, 0.3) is 0 Å². The summed E-state index contributed by atoms with van der Waals surface area (Å²) in [5, 5.41) is 0. The molecule has 0 spiro atoms. The van der Waals surface area contributed by atoms with E-state index >= 15 is 0 Å². The van der Waals surface area contributed by atoms with Gasteiger partial charge in [0.15, 0.2) is 0 Å². The molecule has 0 bridgehead atoms. The minimum Gasteiger partial charge on any atom is -0.282 e. The third kappa shape index (κ3) is 5.61. The molecule has 2 rings (SSSR count). The van der Waals surface area contributed by atoms with Crippen molar-refractivity contribution < 1.29 is 13.0 Å². The molecule has 0 aromatic heterocycles. The first-order chi connectivity index (χ1) is 9.61. The normalized spacial score (nSPS) is 10.8. The van der Waals surface area contributed by atoms with Crippen LogP contribution in [0.1, 0.15) is 22.3 Å². The second kappa shape index (κ2) is 7.20. The summed E-state index contributed by atoms with van der Waals surface area (Å²) in [6, 6.07) is 11.1. The molecular weight excluding hydrogens is 352 g/mol. The van der Waals surface area contributed by atoms with Crippen LogP contribution in [0.15, 0.2) is 45.8 Å². The van der Waals surface area contributed by atoms with Gasteiger partial charge in [0.05, 0.1) is 4.90 Å². The van der Waals surface area contributed by atoms with Gasteiger partial charge in [-0.25, -0.2) is 0 Å². The van der Waals surface area contributed by atoms with E-state index in [9.17, 15) is 8.42 Å². The fourth-order valence-electron chi connectivity index (χ4n) is 1.79. The van der Waals surface area contributed by atoms with Crippen LogP contribution in [0.5, 0.6) is 0 Å². The second-order valence-electron chi connectivity index (χ2n) is 5.00. The largest absolute Gasteiger partial charge is 0.294 e. The first-order valence-electron chi connectivity index (χ1n) is 6.39. The number of rotatable bonds is 1. The molecule has 0 aliphatic rings. The summed E-state index contributed by atoms with van der Waals surface area (Å²) in [5.74, 6) is 0. The average molecular weight is 371 g/mol. The van der Waals surface area contributed by atoms with Gasteiger partial charge in [-0.1, -0.05) is 45.8 Å². The smallest absolute Gasteiger partial charge is 0.282 e. The molecule has 0 aliphatic carbocycles. The topological polar surface area (TPSA) is 54.4 Å². The first-order valence-corrected chi connectivity index (χ1v) is 8.62. The highest BCUT2D eigenvalue weighted by molar-refractivity contribution is 9.10. The van der Waals surface area contributed by atoms with Crippen LogP contribution in [-0.4, -0.2) is 13.0 Å². The number of aryl methyl sites for hydroxylation is 4. The molecule has 3 nitrogen and oxygen atoms in total. The van der Waals surface area contributed by atoms with Gasteiger partial charge in [-0.3, -0.25) is 4.55 Å². The van der Waals surface area contributed by atoms with E-state index < -0.39 is 10.1 Å².